The van der Waals surface area contributed by atoms with Crippen LogP contribution in [0.1, 0.15) is 0 Å². The number of hydrogen-bond acceptors (Lipinski definition) is 5. The highest BCUT2D eigenvalue weighted by Gasteiger charge is 2.20. The highest BCUT2D eigenvalue weighted by atomic mass is 32.1. The molecule has 7 aromatic carbocycles. The van der Waals surface area contributed by atoms with Crippen molar-refractivity contribution in [1.82, 2.24) is 19.5 Å². The average molecular weight is 671 g/mol. The van der Waals surface area contributed by atoms with Crippen LogP contribution in [0.25, 0.3) is 104 Å². The fourth-order valence-electron chi connectivity index (χ4n) is 7.56. The Morgan fingerprint density at radius 1 is 0.451 bits per heavy atom. The van der Waals surface area contributed by atoms with Gasteiger partial charge in [-0.1, -0.05) is 121 Å². The van der Waals surface area contributed by atoms with Crippen LogP contribution in [0.3, 0.4) is 0 Å². The second kappa shape index (κ2) is 10.9. The van der Waals surface area contributed by atoms with Crippen molar-refractivity contribution < 1.29 is 4.42 Å². The molecule has 0 amide bonds. The monoisotopic (exact) mass is 670 g/mol. The lowest BCUT2D eigenvalue weighted by Gasteiger charge is -2.11. The van der Waals surface area contributed by atoms with Gasteiger partial charge in [-0.3, -0.25) is 4.57 Å². The molecule has 0 radical (unpaired) electrons. The van der Waals surface area contributed by atoms with Crippen LogP contribution in [0, 0.1) is 0 Å². The Labute approximate surface area is 295 Å². The molecule has 0 aliphatic carbocycles. The molecule has 51 heavy (non-hydrogen) atoms. The number of hydrogen-bond donors (Lipinski definition) is 0. The minimum atomic E-state index is 0.593. The van der Waals surface area contributed by atoms with E-state index < -0.39 is 0 Å². The molecule has 6 heteroatoms. The van der Waals surface area contributed by atoms with E-state index in [0.717, 1.165) is 70.7 Å². The summed E-state index contributed by atoms with van der Waals surface area (Å²) in [6, 6.07) is 54.9. The van der Waals surface area contributed by atoms with Crippen molar-refractivity contribution in [3.8, 4) is 39.9 Å². The lowest BCUT2D eigenvalue weighted by Crippen LogP contribution is -2.06. The van der Waals surface area contributed by atoms with Crippen molar-refractivity contribution in [2.45, 2.75) is 0 Å². The van der Waals surface area contributed by atoms with E-state index in [1.165, 1.54) is 15.5 Å². The Bertz CT molecular complexity index is 3100. The SMILES string of the molecule is c1ccc(-c2nc(-c3cccc4c3sc3ccc(-c5cccc6c5oc5ccccc56)cc34)nc(-n3c4ccccc4c4ccccc43)n2)cc1. The van der Waals surface area contributed by atoms with E-state index in [1.54, 1.807) is 11.3 Å². The molecule has 5 nitrogen and oxygen atoms in total. The highest BCUT2D eigenvalue weighted by molar-refractivity contribution is 7.26. The molecule has 0 N–H and O–H groups in total. The van der Waals surface area contributed by atoms with E-state index >= 15 is 0 Å². The third-order valence-electron chi connectivity index (χ3n) is 9.89. The predicted octanol–water partition coefficient (Wildman–Crippen LogP) is 12.2. The molecule has 238 valence electrons. The van der Waals surface area contributed by atoms with Crippen LogP contribution in [0.2, 0.25) is 0 Å². The Morgan fingerprint density at radius 2 is 1.10 bits per heavy atom. The number of nitrogens with zero attached hydrogens (tertiary/aromatic N) is 4. The van der Waals surface area contributed by atoms with Crippen LogP contribution in [0.4, 0.5) is 0 Å². The van der Waals surface area contributed by atoms with Crippen LogP contribution in [0.15, 0.2) is 162 Å². The van der Waals surface area contributed by atoms with Gasteiger partial charge in [0.25, 0.3) is 0 Å². The summed E-state index contributed by atoms with van der Waals surface area (Å²) in [6.45, 7) is 0. The lowest BCUT2D eigenvalue weighted by atomic mass is 10.00. The van der Waals surface area contributed by atoms with Gasteiger partial charge in [-0.25, -0.2) is 4.98 Å². The Balaban J connectivity index is 1.13. The number of furan rings is 1. The molecule has 0 spiro atoms. The van der Waals surface area contributed by atoms with E-state index in [4.69, 9.17) is 19.4 Å². The number of rotatable bonds is 4. The number of fused-ring (bicyclic) bond motifs is 9. The summed E-state index contributed by atoms with van der Waals surface area (Å²) >= 11 is 1.77. The second-order valence-corrected chi connectivity index (χ2v) is 13.8. The van der Waals surface area contributed by atoms with Gasteiger partial charge in [0.2, 0.25) is 5.95 Å². The zero-order chi connectivity index (χ0) is 33.5. The zero-order valence-electron chi connectivity index (χ0n) is 27.1. The highest BCUT2D eigenvalue weighted by Crippen LogP contribution is 2.43. The van der Waals surface area contributed by atoms with Crippen molar-refractivity contribution in [3.63, 3.8) is 0 Å². The summed E-state index contributed by atoms with van der Waals surface area (Å²) < 4.78 is 10.9. The second-order valence-electron chi connectivity index (χ2n) is 12.8. The largest absolute Gasteiger partial charge is 0.455 e. The van der Waals surface area contributed by atoms with Crippen LogP contribution in [-0.2, 0) is 0 Å². The molecule has 0 saturated carbocycles. The standard InChI is InChI=1S/C45H26N4OS/c1-2-12-27(13-3-1)43-46-44(48-45(47-43)49-37-21-7-4-14-30(37)31-15-5-8-22-38(31)49)35-20-11-19-34-36-26-28(24-25-40(36)51-42(34)35)29-17-10-18-33-32-16-6-9-23-39(32)50-41(29)33/h1-26H. The topological polar surface area (TPSA) is 56.7 Å². The Kier molecular flexibility index (Phi) is 6.05. The van der Waals surface area contributed by atoms with Crippen LogP contribution in [-0.4, -0.2) is 19.5 Å². The van der Waals surface area contributed by atoms with Crippen molar-refractivity contribution in [2.24, 2.45) is 0 Å². The Hall–Kier alpha value is -6.63. The van der Waals surface area contributed by atoms with Gasteiger partial charge in [0.05, 0.1) is 11.0 Å². The lowest BCUT2D eigenvalue weighted by molar-refractivity contribution is 0.670. The number of para-hydroxylation sites is 4. The maximum absolute atomic E-state index is 6.42. The molecule has 4 aromatic heterocycles. The first-order valence-corrected chi connectivity index (χ1v) is 17.8. The van der Waals surface area contributed by atoms with Crippen LogP contribution in [0.5, 0.6) is 0 Å². The molecule has 0 atom stereocenters. The van der Waals surface area contributed by atoms with Crippen molar-refractivity contribution in [2.75, 3.05) is 0 Å². The van der Waals surface area contributed by atoms with Gasteiger partial charge in [-0.05, 0) is 42.0 Å². The third-order valence-corrected chi connectivity index (χ3v) is 11.1. The first kappa shape index (κ1) is 28.2. The van der Waals surface area contributed by atoms with Crippen molar-refractivity contribution in [1.29, 1.82) is 0 Å². The third kappa shape index (κ3) is 4.30. The normalized spacial score (nSPS) is 11.9. The van der Waals surface area contributed by atoms with Gasteiger partial charge < -0.3 is 4.42 Å². The first-order chi connectivity index (χ1) is 25.3. The minimum absolute atomic E-state index is 0.593. The predicted molar refractivity (Wildman–Crippen MR) is 211 cm³/mol. The number of benzene rings is 7. The van der Waals surface area contributed by atoms with E-state index in [-0.39, 0.29) is 0 Å². The van der Waals surface area contributed by atoms with E-state index in [1.807, 2.05) is 30.3 Å². The number of thiophene rings is 1. The summed E-state index contributed by atoms with van der Waals surface area (Å²) in [5.74, 6) is 1.87. The molecule has 0 unspecified atom stereocenters. The molecular formula is C45H26N4OS. The maximum Gasteiger partial charge on any atom is 0.238 e. The molecule has 0 aliphatic rings. The molecule has 0 fully saturated rings. The van der Waals surface area contributed by atoms with Crippen LogP contribution >= 0.6 is 11.3 Å². The van der Waals surface area contributed by atoms with E-state index in [0.29, 0.717) is 17.6 Å². The van der Waals surface area contributed by atoms with Gasteiger partial charge in [0, 0.05) is 58.4 Å². The summed E-state index contributed by atoms with van der Waals surface area (Å²) in [6.07, 6.45) is 0. The molecule has 0 bridgehead atoms. The van der Waals surface area contributed by atoms with E-state index in [9.17, 15) is 0 Å². The summed E-state index contributed by atoms with van der Waals surface area (Å²) in [5, 5.41) is 6.96. The summed E-state index contributed by atoms with van der Waals surface area (Å²) in [4.78, 5) is 15.5. The van der Waals surface area contributed by atoms with Gasteiger partial charge in [-0.2, -0.15) is 9.97 Å². The fourth-order valence-corrected chi connectivity index (χ4v) is 8.75. The Morgan fingerprint density at radius 3 is 1.90 bits per heavy atom. The minimum Gasteiger partial charge on any atom is -0.455 e. The average Bonchev–Trinajstić information content (AvgIpc) is 3.87. The molecule has 0 saturated heterocycles. The zero-order valence-corrected chi connectivity index (χ0v) is 27.9. The quantitative estimate of drug-likeness (QED) is 0.187. The van der Waals surface area contributed by atoms with Crippen molar-refractivity contribution >= 4 is 75.3 Å². The fraction of sp³-hybridized carbons (Fsp3) is 0. The molecule has 11 aromatic rings. The smallest absolute Gasteiger partial charge is 0.238 e. The summed E-state index contributed by atoms with van der Waals surface area (Å²) in [5.41, 5.74) is 8.06. The van der Waals surface area contributed by atoms with Gasteiger partial charge in [0.15, 0.2) is 11.6 Å². The van der Waals surface area contributed by atoms with Gasteiger partial charge in [-0.15, -0.1) is 11.3 Å². The van der Waals surface area contributed by atoms with E-state index in [2.05, 4.69) is 132 Å². The molecular weight excluding hydrogens is 645 g/mol. The molecule has 4 heterocycles. The van der Waals surface area contributed by atoms with Gasteiger partial charge in [0.1, 0.15) is 11.2 Å². The van der Waals surface area contributed by atoms with Crippen molar-refractivity contribution in [3.05, 3.63) is 158 Å². The molecule has 0 aliphatic heterocycles. The summed E-state index contributed by atoms with van der Waals surface area (Å²) in [7, 11) is 0. The number of aromatic nitrogens is 4. The first-order valence-electron chi connectivity index (χ1n) is 16.9. The molecule has 11 rings (SSSR count). The van der Waals surface area contributed by atoms with Crippen LogP contribution < -0.4 is 0 Å². The van der Waals surface area contributed by atoms with Gasteiger partial charge >= 0.3 is 0 Å². The maximum atomic E-state index is 6.42.